The predicted octanol–water partition coefficient (Wildman–Crippen LogP) is 0.708. The van der Waals surface area contributed by atoms with E-state index >= 15 is 0 Å². The van der Waals surface area contributed by atoms with Crippen molar-refractivity contribution in [2.24, 2.45) is 0 Å². The van der Waals surface area contributed by atoms with Crippen LogP contribution in [-0.4, -0.2) is 42.1 Å². The van der Waals surface area contributed by atoms with E-state index in [4.69, 9.17) is 0 Å². The Morgan fingerprint density at radius 3 is 2.65 bits per heavy atom. The zero-order valence-electron chi connectivity index (χ0n) is 11.5. The molecule has 0 aliphatic carbocycles. The number of carbonyl (C=O) groups is 3. The van der Waals surface area contributed by atoms with E-state index in [1.54, 1.807) is 4.90 Å². The molecule has 20 heavy (non-hydrogen) atoms. The quantitative estimate of drug-likeness (QED) is 0.882. The number of nitrogens with zero attached hydrogens (tertiary/aromatic N) is 1. The van der Waals surface area contributed by atoms with Crippen molar-refractivity contribution in [1.82, 2.24) is 10.2 Å². The summed E-state index contributed by atoms with van der Waals surface area (Å²) in [6, 6.07) is 9.49. The normalized spacial score (nSPS) is 18.8. The molecule has 106 valence electrons. The Labute approximate surface area is 118 Å². The average molecular weight is 274 g/mol. The van der Waals surface area contributed by atoms with Crippen molar-refractivity contribution in [3.8, 4) is 0 Å². The third-order valence-corrected chi connectivity index (χ3v) is 3.46. The first-order valence-corrected chi connectivity index (χ1v) is 6.68. The molecule has 0 aromatic heterocycles. The summed E-state index contributed by atoms with van der Waals surface area (Å²) in [5, 5.41) is 2.49. The summed E-state index contributed by atoms with van der Waals surface area (Å²) in [6.07, 6.45) is 0.366. The van der Waals surface area contributed by atoms with Crippen molar-refractivity contribution in [1.29, 1.82) is 0 Å². The van der Waals surface area contributed by atoms with Gasteiger partial charge in [0.2, 0.25) is 11.8 Å². The van der Waals surface area contributed by atoms with Gasteiger partial charge in [-0.25, -0.2) is 0 Å². The van der Waals surface area contributed by atoms with Gasteiger partial charge in [0.25, 0.3) is 0 Å². The van der Waals surface area contributed by atoms with E-state index < -0.39 is 0 Å². The predicted molar refractivity (Wildman–Crippen MR) is 74.1 cm³/mol. The zero-order valence-corrected chi connectivity index (χ0v) is 11.5. The van der Waals surface area contributed by atoms with Crippen LogP contribution in [0.3, 0.4) is 0 Å². The maximum Gasteiger partial charge on any atom is 0.242 e. The Kier molecular flexibility index (Phi) is 4.50. The van der Waals surface area contributed by atoms with E-state index in [1.807, 2.05) is 30.3 Å². The van der Waals surface area contributed by atoms with Crippen molar-refractivity contribution in [2.45, 2.75) is 19.3 Å². The second-order valence-electron chi connectivity index (χ2n) is 4.93. The van der Waals surface area contributed by atoms with Crippen LogP contribution in [0.2, 0.25) is 0 Å². The van der Waals surface area contributed by atoms with Crippen LogP contribution < -0.4 is 5.32 Å². The topological polar surface area (TPSA) is 66.5 Å². The minimum absolute atomic E-state index is 0.00890. The van der Waals surface area contributed by atoms with E-state index in [0.717, 1.165) is 5.56 Å². The molecule has 2 rings (SSSR count). The maximum atomic E-state index is 12.0. The van der Waals surface area contributed by atoms with Crippen molar-refractivity contribution >= 4 is 17.6 Å². The molecule has 2 amide bonds. The lowest BCUT2D eigenvalue weighted by Gasteiger charge is -2.32. The number of hydrogen-bond donors (Lipinski definition) is 1. The molecule has 5 nitrogen and oxygen atoms in total. The molecule has 0 saturated carbocycles. The molecule has 1 N–H and O–H groups in total. The Bertz CT molecular complexity index is 513. The minimum Gasteiger partial charge on any atom is -0.347 e. The summed E-state index contributed by atoms with van der Waals surface area (Å²) in [5.41, 5.74) is 0.939. The highest BCUT2D eigenvalue weighted by molar-refractivity contribution is 5.90. The van der Waals surface area contributed by atoms with Gasteiger partial charge in [0.05, 0.1) is 12.5 Å². The van der Waals surface area contributed by atoms with Gasteiger partial charge in [-0.2, -0.15) is 0 Å². The van der Waals surface area contributed by atoms with E-state index in [9.17, 15) is 14.4 Å². The number of benzene rings is 1. The fourth-order valence-corrected chi connectivity index (χ4v) is 2.35. The van der Waals surface area contributed by atoms with Crippen LogP contribution in [0.4, 0.5) is 0 Å². The number of amides is 2. The Morgan fingerprint density at radius 2 is 2.00 bits per heavy atom. The Balaban J connectivity index is 2.03. The highest BCUT2D eigenvalue weighted by Crippen LogP contribution is 2.23. The van der Waals surface area contributed by atoms with Crippen molar-refractivity contribution in [3.63, 3.8) is 0 Å². The number of ketones is 1. The van der Waals surface area contributed by atoms with Gasteiger partial charge in [-0.15, -0.1) is 0 Å². The molecule has 0 bridgehead atoms. The number of rotatable bonds is 3. The smallest absolute Gasteiger partial charge is 0.242 e. The lowest BCUT2D eigenvalue weighted by molar-refractivity contribution is -0.136. The Hall–Kier alpha value is -2.17. The molecule has 1 aliphatic heterocycles. The van der Waals surface area contributed by atoms with Crippen LogP contribution >= 0.6 is 0 Å². The van der Waals surface area contributed by atoms with Gasteiger partial charge in [0.15, 0.2) is 0 Å². The monoisotopic (exact) mass is 274 g/mol. The molecule has 1 fully saturated rings. The summed E-state index contributed by atoms with van der Waals surface area (Å²) >= 11 is 0. The van der Waals surface area contributed by atoms with Crippen LogP contribution in [0, 0.1) is 0 Å². The second kappa shape index (κ2) is 6.32. The average Bonchev–Trinajstić information content (AvgIpc) is 2.46. The van der Waals surface area contributed by atoms with Crippen molar-refractivity contribution in [3.05, 3.63) is 35.9 Å². The highest BCUT2D eigenvalue weighted by atomic mass is 16.2. The first-order chi connectivity index (χ1) is 9.58. The zero-order chi connectivity index (χ0) is 14.5. The summed E-state index contributed by atoms with van der Waals surface area (Å²) < 4.78 is 0. The summed E-state index contributed by atoms with van der Waals surface area (Å²) in [4.78, 5) is 36.5. The number of piperidine rings is 1. The number of likely N-dealkylation sites (tertiary alicyclic amines) is 1. The van der Waals surface area contributed by atoms with Crippen LogP contribution in [0.1, 0.15) is 24.8 Å². The SMILES string of the molecule is CC(=O)NCC(=O)N1CCC(=O)C(c2ccccc2)C1. The van der Waals surface area contributed by atoms with Crippen molar-refractivity contribution < 1.29 is 14.4 Å². The molecule has 1 aliphatic rings. The first kappa shape index (κ1) is 14.2. The largest absolute Gasteiger partial charge is 0.347 e. The summed E-state index contributed by atoms with van der Waals surface area (Å²) in [7, 11) is 0. The van der Waals surface area contributed by atoms with Gasteiger partial charge in [-0.05, 0) is 5.56 Å². The first-order valence-electron chi connectivity index (χ1n) is 6.68. The van der Waals surface area contributed by atoms with Crippen LogP contribution in [-0.2, 0) is 14.4 Å². The number of carbonyl (C=O) groups excluding carboxylic acids is 3. The third kappa shape index (κ3) is 3.44. The maximum absolute atomic E-state index is 12.0. The lowest BCUT2D eigenvalue weighted by Crippen LogP contribution is -2.46. The van der Waals surface area contributed by atoms with Gasteiger partial charge in [0.1, 0.15) is 5.78 Å². The molecule has 5 heteroatoms. The molecule has 1 saturated heterocycles. The summed E-state index contributed by atoms with van der Waals surface area (Å²) in [6.45, 7) is 2.19. The van der Waals surface area contributed by atoms with Crippen LogP contribution in [0.15, 0.2) is 30.3 Å². The second-order valence-corrected chi connectivity index (χ2v) is 4.93. The fourth-order valence-electron chi connectivity index (χ4n) is 2.35. The lowest BCUT2D eigenvalue weighted by atomic mass is 9.89. The molecule has 1 atom stereocenters. The van der Waals surface area contributed by atoms with E-state index in [2.05, 4.69) is 5.32 Å². The van der Waals surface area contributed by atoms with Gasteiger partial charge in [-0.1, -0.05) is 30.3 Å². The number of Topliss-reactive ketones (excluding diaryl/α,β-unsaturated/α-hetero) is 1. The fraction of sp³-hybridized carbons (Fsp3) is 0.400. The molecular weight excluding hydrogens is 256 g/mol. The van der Waals surface area contributed by atoms with Gasteiger partial charge >= 0.3 is 0 Å². The van der Waals surface area contributed by atoms with E-state index in [1.165, 1.54) is 6.92 Å². The molecule has 1 unspecified atom stereocenters. The Morgan fingerprint density at radius 1 is 1.30 bits per heavy atom. The molecular formula is C15H18N2O3. The number of hydrogen-bond acceptors (Lipinski definition) is 3. The van der Waals surface area contributed by atoms with Crippen LogP contribution in [0.5, 0.6) is 0 Å². The number of nitrogens with one attached hydrogen (secondary N) is 1. The molecule has 1 heterocycles. The highest BCUT2D eigenvalue weighted by Gasteiger charge is 2.30. The molecule has 0 radical (unpaired) electrons. The summed E-state index contributed by atoms with van der Waals surface area (Å²) in [5.74, 6) is -0.467. The van der Waals surface area contributed by atoms with Crippen molar-refractivity contribution in [2.75, 3.05) is 19.6 Å². The minimum atomic E-state index is -0.258. The van der Waals surface area contributed by atoms with Gasteiger partial charge in [0, 0.05) is 26.4 Å². The van der Waals surface area contributed by atoms with E-state index in [-0.39, 0.29) is 30.1 Å². The standard InChI is InChI=1S/C15H18N2O3/c1-11(18)16-9-15(20)17-8-7-14(19)13(10-17)12-5-3-2-4-6-12/h2-6,13H,7-10H2,1H3,(H,16,18). The van der Waals surface area contributed by atoms with Gasteiger partial charge < -0.3 is 10.2 Å². The molecule has 0 spiro atoms. The molecule has 1 aromatic carbocycles. The van der Waals surface area contributed by atoms with Gasteiger partial charge in [-0.3, -0.25) is 14.4 Å². The molecule has 1 aromatic rings. The van der Waals surface area contributed by atoms with E-state index in [0.29, 0.717) is 19.5 Å². The third-order valence-electron chi connectivity index (χ3n) is 3.46. The van der Waals surface area contributed by atoms with Crippen LogP contribution in [0.25, 0.3) is 0 Å².